The molecule has 3 N–H and O–H groups in total. The first kappa shape index (κ1) is 10.8. The molecule has 0 amide bonds. The van der Waals surface area contributed by atoms with E-state index < -0.39 is 10.0 Å². The minimum absolute atomic E-state index is 0.0560. The van der Waals surface area contributed by atoms with E-state index in [1.165, 1.54) is 23.8 Å². The Morgan fingerprint density at radius 3 is 2.88 bits per heavy atom. The smallest absolute Gasteiger partial charge is 0.267 e. The molecule has 0 aliphatic carbocycles. The highest BCUT2D eigenvalue weighted by atomic mass is 32.2. The lowest BCUT2D eigenvalue weighted by atomic mass is 10.5. The third kappa shape index (κ3) is 2.09. The first-order valence-corrected chi connectivity index (χ1v) is 6.45. The molecule has 0 aliphatic heterocycles. The van der Waals surface area contributed by atoms with Crippen LogP contribution in [0, 0.1) is 0 Å². The van der Waals surface area contributed by atoms with Gasteiger partial charge in [-0.2, -0.15) is 0 Å². The van der Waals surface area contributed by atoms with Gasteiger partial charge in [0.15, 0.2) is 0 Å². The van der Waals surface area contributed by atoms with Crippen LogP contribution in [0.2, 0.25) is 0 Å². The molecule has 0 aliphatic rings. The molecule has 0 saturated heterocycles. The average molecular weight is 257 g/mol. The topological polar surface area (TPSA) is 111 Å². The molecule has 0 atom stereocenters. The van der Waals surface area contributed by atoms with Crippen LogP contribution in [0.1, 0.15) is 0 Å². The van der Waals surface area contributed by atoms with Crippen LogP contribution in [0.4, 0.5) is 10.9 Å². The molecule has 2 rings (SSSR count). The number of hydrogen-bond acceptors (Lipinski definition) is 7. The van der Waals surface area contributed by atoms with Gasteiger partial charge in [-0.15, -0.1) is 10.2 Å². The summed E-state index contributed by atoms with van der Waals surface area (Å²) in [4.78, 5) is 3.62. The summed E-state index contributed by atoms with van der Waals surface area (Å²) in [5.41, 5.74) is 6.89. The van der Waals surface area contributed by atoms with E-state index in [1.807, 2.05) is 0 Å². The zero-order valence-corrected chi connectivity index (χ0v) is 9.49. The maximum atomic E-state index is 11.8. The molecule has 2 aromatic rings. The first-order chi connectivity index (χ1) is 7.59. The van der Waals surface area contributed by atoms with Crippen molar-refractivity contribution in [1.82, 2.24) is 15.2 Å². The number of pyridine rings is 1. The van der Waals surface area contributed by atoms with Crippen LogP contribution >= 0.6 is 11.3 Å². The second-order valence-corrected chi connectivity index (χ2v) is 5.22. The van der Waals surface area contributed by atoms with Gasteiger partial charge in [-0.1, -0.05) is 11.3 Å². The Kier molecular flexibility index (Phi) is 2.71. The molecule has 7 nitrogen and oxygen atoms in total. The summed E-state index contributed by atoms with van der Waals surface area (Å²) in [7, 11) is -3.74. The highest BCUT2D eigenvalue weighted by Crippen LogP contribution is 2.19. The predicted octanol–water partition coefficient (Wildman–Crippen LogP) is 0.316. The lowest BCUT2D eigenvalue weighted by molar-refractivity contribution is 0.601. The second kappa shape index (κ2) is 4.02. The van der Waals surface area contributed by atoms with Crippen molar-refractivity contribution in [3.8, 4) is 0 Å². The summed E-state index contributed by atoms with van der Waals surface area (Å²) in [5.74, 6) is -0.0560. The number of nitrogens with zero attached hydrogens (tertiary/aromatic N) is 3. The zero-order chi connectivity index (χ0) is 11.6. The number of sulfonamides is 1. The Morgan fingerprint density at radius 2 is 2.25 bits per heavy atom. The van der Waals surface area contributed by atoms with E-state index >= 15 is 0 Å². The van der Waals surface area contributed by atoms with Gasteiger partial charge in [-0.05, 0) is 12.1 Å². The zero-order valence-electron chi connectivity index (χ0n) is 7.86. The number of nitrogen functional groups attached to an aromatic ring is 1. The van der Waals surface area contributed by atoms with Gasteiger partial charge < -0.3 is 5.73 Å². The minimum atomic E-state index is -3.74. The highest BCUT2D eigenvalue weighted by Gasteiger charge is 2.18. The average Bonchev–Trinajstić information content (AvgIpc) is 2.70. The number of anilines is 2. The third-order valence-electron chi connectivity index (χ3n) is 1.67. The lowest BCUT2D eigenvalue weighted by Crippen LogP contribution is -2.15. The van der Waals surface area contributed by atoms with Crippen molar-refractivity contribution in [2.45, 2.75) is 4.90 Å². The molecule has 0 unspecified atom stereocenters. The molecule has 0 saturated carbocycles. The van der Waals surface area contributed by atoms with Gasteiger partial charge in [0.05, 0.1) is 0 Å². The van der Waals surface area contributed by atoms with Crippen LogP contribution in [0.5, 0.6) is 0 Å². The minimum Gasteiger partial charge on any atom is -0.383 e. The number of nitrogens with two attached hydrogens (primary N) is 1. The fourth-order valence-electron chi connectivity index (χ4n) is 1.02. The van der Waals surface area contributed by atoms with E-state index in [-0.39, 0.29) is 15.8 Å². The van der Waals surface area contributed by atoms with Crippen molar-refractivity contribution in [1.29, 1.82) is 0 Å². The number of nitrogens with one attached hydrogen (secondary N) is 1. The number of rotatable bonds is 3. The quantitative estimate of drug-likeness (QED) is 0.819. The van der Waals surface area contributed by atoms with E-state index in [4.69, 9.17) is 5.73 Å². The van der Waals surface area contributed by atoms with Crippen molar-refractivity contribution in [3.05, 3.63) is 23.8 Å². The summed E-state index contributed by atoms with van der Waals surface area (Å²) in [5, 5.41) is 7.27. The summed E-state index contributed by atoms with van der Waals surface area (Å²) < 4.78 is 25.9. The number of hydrogen-bond donors (Lipinski definition) is 2. The fourth-order valence-corrected chi connectivity index (χ4v) is 2.79. The van der Waals surface area contributed by atoms with E-state index in [2.05, 4.69) is 19.9 Å². The van der Waals surface area contributed by atoms with Gasteiger partial charge >= 0.3 is 0 Å². The number of aromatic nitrogens is 3. The highest BCUT2D eigenvalue weighted by molar-refractivity contribution is 7.93. The molecule has 84 valence electrons. The van der Waals surface area contributed by atoms with Gasteiger partial charge in [0, 0.05) is 6.20 Å². The normalized spacial score (nSPS) is 11.2. The van der Waals surface area contributed by atoms with Gasteiger partial charge in [0.1, 0.15) is 16.2 Å². The molecule has 16 heavy (non-hydrogen) atoms. The Labute approximate surface area is 95.4 Å². The SMILES string of the molecule is Nc1ncccc1S(=O)(=O)Nc1nncs1. The largest absolute Gasteiger partial charge is 0.383 e. The standard InChI is InChI=1S/C7H7N5O2S2/c8-6-5(2-1-3-9-6)16(13,14)12-7-11-10-4-15-7/h1-4H,(H2,8,9)(H,11,12). The Morgan fingerprint density at radius 1 is 1.44 bits per heavy atom. The van der Waals surface area contributed by atoms with Crippen LogP contribution in [0.3, 0.4) is 0 Å². The van der Waals surface area contributed by atoms with Gasteiger partial charge in [0.25, 0.3) is 10.0 Å². The molecule has 9 heteroatoms. The van der Waals surface area contributed by atoms with E-state index in [0.29, 0.717) is 0 Å². The van der Waals surface area contributed by atoms with E-state index in [0.717, 1.165) is 11.3 Å². The van der Waals surface area contributed by atoms with Crippen molar-refractivity contribution in [2.24, 2.45) is 0 Å². The van der Waals surface area contributed by atoms with Crippen molar-refractivity contribution in [3.63, 3.8) is 0 Å². The van der Waals surface area contributed by atoms with Crippen LogP contribution in [0.15, 0.2) is 28.7 Å². The van der Waals surface area contributed by atoms with Crippen molar-refractivity contribution >= 4 is 32.3 Å². The lowest BCUT2D eigenvalue weighted by Gasteiger charge is -2.05. The monoisotopic (exact) mass is 257 g/mol. The molecule has 2 aromatic heterocycles. The van der Waals surface area contributed by atoms with Crippen LogP contribution in [0.25, 0.3) is 0 Å². The predicted molar refractivity (Wildman–Crippen MR) is 59.4 cm³/mol. The molecule has 2 heterocycles. The molecule has 0 radical (unpaired) electrons. The maximum absolute atomic E-state index is 11.8. The second-order valence-electron chi connectivity index (χ2n) is 2.74. The summed E-state index contributed by atoms with van der Waals surface area (Å²) in [6, 6.07) is 2.86. The first-order valence-electron chi connectivity index (χ1n) is 4.09. The molecular weight excluding hydrogens is 250 g/mol. The Balaban J connectivity index is 2.37. The molecule has 0 fully saturated rings. The Hall–Kier alpha value is -1.74. The summed E-state index contributed by atoms with van der Waals surface area (Å²) in [6.07, 6.45) is 1.42. The van der Waals surface area contributed by atoms with Crippen molar-refractivity contribution < 1.29 is 8.42 Å². The Bertz CT molecular complexity index is 581. The molecule has 0 spiro atoms. The summed E-state index contributed by atoms with van der Waals surface area (Å²) in [6.45, 7) is 0. The van der Waals surface area contributed by atoms with Gasteiger partial charge in [-0.3, -0.25) is 4.72 Å². The fraction of sp³-hybridized carbons (Fsp3) is 0. The van der Waals surface area contributed by atoms with Gasteiger partial charge in [-0.25, -0.2) is 13.4 Å². The van der Waals surface area contributed by atoms with Crippen LogP contribution in [-0.4, -0.2) is 23.6 Å². The molecule has 0 bridgehead atoms. The maximum Gasteiger partial charge on any atom is 0.267 e. The van der Waals surface area contributed by atoms with Crippen LogP contribution < -0.4 is 10.5 Å². The van der Waals surface area contributed by atoms with Gasteiger partial charge in [0.2, 0.25) is 5.13 Å². The third-order valence-corrected chi connectivity index (χ3v) is 3.79. The van der Waals surface area contributed by atoms with E-state index in [1.54, 1.807) is 0 Å². The van der Waals surface area contributed by atoms with Crippen molar-refractivity contribution in [2.75, 3.05) is 10.5 Å². The molecule has 0 aromatic carbocycles. The van der Waals surface area contributed by atoms with E-state index in [9.17, 15) is 8.42 Å². The molecular formula is C7H7N5O2S2. The van der Waals surface area contributed by atoms with Crippen LogP contribution in [-0.2, 0) is 10.0 Å². The summed E-state index contributed by atoms with van der Waals surface area (Å²) >= 11 is 1.08.